The van der Waals surface area contributed by atoms with Crippen LogP contribution in [0.2, 0.25) is 0 Å². The van der Waals surface area contributed by atoms with Crippen LogP contribution in [0.5, 0.6) is 5.88 Å². The lowest BCUT2D eigenvalue weighted by atomic mass is 10.0. The van der Waals surface area contributed by atoms with Crippen molar-refractivity contribution in [2.24, 2.45) is 5.92 Å². The molecule has 0 amide bonds. The Morgan fingerprint density at radius 1 is 1.12 bits per heavy atom. The number of aromatic nitrogens is 2. The van der Waals surface area contributed by atoms with Crippen molar-refractivity contribution in [2.45, 2.75) is 54.9 Å². The molecule has 0 saturated heterocycles. The second-order valence-corrected chi connectivity index (χ2v) is 10.9. The lowest BCUT2D eigenvalue weighted by Crippen LogP contribution is -2.34. The normalized spacial score (nSPS) is 14.9. The van der Waals surface area contributed by atoms with Crippen LogP contribution in [-0.4, -0.2) is 23.1 Å². The number of unbranched alkanes of at least 4 members (excludes halogenated alkanes) is 1. The predicted octanol–water partition coefficient (Wildman–Crippen LogP) is 4.89. The molecule has 2 aromatic carbocycles. The van der Waals surface area contributed by atoms with Gasteiger partial charge in [0.2, 0.25) is 15.7 Å². The fraction of sp³-hybridized carbons (Fsp3) is 0.333. The van der Waals surface area contributed by atoms with E-state index in [1.165, 1.54) is 16.7 Å². The number of nitrogens with zero attached hydrogens (tertiary/aromatic N) is 2. The lowest BCUT2D eigenvalue weighted by Gasteiger charge is -2.24. The third kappa shape index (κ3) is 4.38. The van der Waals surface area contributed by atoms with E-state index in [9.17, 15) is 18.3 Å². The van der Waals surface area contributed by atoms with E-state index in [0.29, 0.717) is 16.7 Å². The van der Waals surface area contributed by atoms with Crippen molar-refractivity contribution in [1.29, 1.82) is 0 Å². The smallest absolute Gasteiger partial charge is 0.277 e. The van der Waals surface area contributed by atoms with Gasteiger partial charge < -0.3 is 5.11 Å². The summed E-state index contributed by atoms with van der Waals surface area (Å²) in [4.78, 5) is 17.3. The zero-order chi connectivity index (χ0) is 22.9. The van der Waals surface area contributed by atoms with Crippen LogP contribution in [-0.2, 0) is 16.3 Å². The Balaban J connectivity index is 1.96. The van der Waals surface area contributed by atoms with Gasteiger partial charge >= 0.3 is 0 Å². The van der Waals surface area contributed by atoms with E-state index in [1.54, 1.807) is 12.1 Å². The molecule has 6 nitrogen and oxygen atoms in total. The Bertz CT molecular complexity index is 1270. The maximum Gasteiger partial charge on any atom is 0.277 e. The maximum absolute atomic E-state index is 13.8. The van der Waals surface area contributed by atoms with E-state index >= 15 is 0 Å². The van der Waals surface area contributed by atoms with Gasteiger partial charge in [0.05, 0.1) is 10.9 Å². The minimum atomic E-state index is -4.26. The highest BCUT2D eigenvalue weighted by Gasteiger charge is 2.38. The first kappa shape index (κ1) is 22.7. The van der Waals surface area contributed by atoms with Crippen LogP contribution >= 0.6 is 15.9 Å². The van der Waals surface area contributed by atoms with Crippen molar-refractivity contribution >= 4 is 25.8 Å². The molecule has 0 aliphatic heterocycles. The van der Waals surface area contributed by atoms with Gasteiger partial charge in [-0.2, -0.15) is 4.98 Å². The maximum atomic E-state index is 13.8. The van der Waals surface area contributed by atoms with Crippen molar-refractivity contribution < 1.29 is 13.5 Å². The minimum absolute atomic E-state index is 0.0644. The third-order valence-corrected chi connectivity index (χ3v) is 8.08. The van der Waals surface area contributed by atoms with Crippen LogP contribution in [0.25, 0.3) is 0 Å². The Hall–Kier alpha value is -2.45. The van der Waals surface area contributed by atoms with Gasteiger partial charge in [-0.15, -0.1) is 0 Å². The SMILES string of the molecule is CCCCc1nc(O)c(S(=O)(=O)c2ccc(Br)cc2)c(=O)n1C(c1ccccc1)C1CC1. The first-order valence-electron chi connectivity index (χ1n) is 10.7. The van der Waals surface area contributed by atoms with Gasteiger partial charge in [0.25, 0.3) is 5.56 Å². The number of aryl methyl sites for hydroxylation is 1. The van der Waals surface area contributed by atoms with Gasteiger partial charge in [0, 0.05) is 10.9 Å². The molecule has 32 heavy (non-hydrogen) atoms. The highest BCUT2D eigenvalue weighted by molar-refractivity contribution is 9.10. The van der Waals surface area contributed by atoms with Gasteiger partial charge in [0.15, 0.2) is 4.90 Å². The molecule has 1 aliphatic rings. The second kappa shape index (κ2) is 9.19. The molecule has 1 fully saturated rings. The van der Waals surface area contributed by atoms with E-state index in [1.807, 2.05) is 37.3 Å². The van der Waals surface area contributed by atoms with Crippen molar-refractivity contribution in [2.75, 3.05) is 0 Å². The molecule has 1 N–H and O–H groups in total. The summed E-state index contributed by atoms with van der Waals surface area (Å²) in [5.41, 5.74) is 0.224. The number of aromatic hydroxyl groups is 1. The Kier molecular flexibility index (Phi) is 6.53. The van der Waals surface area contributed by atoms with Crippen LogP contribution in [0.1, 0.15) is 50.0 Å². The molecule has 4 rings (SSSR count). The number of sulfone groups is 1. The summed E-state index contributed by atoms with van der Waals surface area (Å²) in [6, 6.07) is 15.3. The number of halogens is 1. The van der Waals surface area contributed by atoms with E-state index in [4.69, 9.17) is 0 Å². The Labute approximate surface area is 196 Å². The van der Waals surface area contributed by atoms with E-state index in [-0.39, 0.29) is 16.9 Å². The van der Waals surface area contributed by atoms with Crippen molar-refractivity contribution in [3.63, 3.8) is 0 Å². The average molecular weight is 517 g/mol. The van der Waals surface area contributed by atoms with Crippen LogP contribution in [0.15, 0.2) is 73.7 Å². The largest absolute Gasteiger partial charge is 0.492 e. The van der Waals surface area contributed by atoms with Gasteiger partial charge in [-0.05, 0) is 55.0 Å². The fourth-order valence-electron chi connectivity index (χ4n) is 4.01. The highest BCUT2D eigenvalue weighted by atomic mass is 79.9. The molecule has 0 spiro atoms. The molecular formula is C24H25BrN2O4S. The first-order valence-corrected chi connectivity index (χ1v) is 13.0. The van der Waals surface area contributed by atoms with Gasteiger partial charge in [-0.1, -0.05) is 59.6 Å². The molecule has 3 aromatic rings. The number of benzene rings is 2. The van der Waals surface area contributed by atoms with Crippen molar-refractivity contribution in [3.8, 4) is 5.88 Å². The third-order valence-electron chi connectivity index (χ3n) is 5.76. The molecule has 1 atom stereocenters. The summed E-state index contributed by atoms with van der Waals surface area (Å²) >= 11 is 3.29. The fourth-order valence-corrected chi connectivity index (χ4v) is 5.62. The number of rotatable bonds is 8. The molecule has 1 aromatic heterocycles. The topological polar surface area (TPSA) is 89.3 Å². The van der Waals surface area contributed by atoms with Gasteiger partial charge in [-0.25, -0.2) is 8.42 Å². The summed E-state index contributed by atoms with van der Waals surface area (Å²) in [7, 11) is -4.26. The standard InChI is InChI=1S/C24H25BrN2O4S/c1-2-3-9-20-26-23(28)22(32(30,31)19-14-12-18(25)13-15-19)24(29)27(20)21(17-10-11-17)16-7-5-4-6-8-16/h4-8,12-15,17,21,28H,2-3,9-11H2,1H3. The lowest BCUT2D eigenvalue weighted by molar-refractivity contribution is 0.399. The molecule has 8 heteroatoms. The highest BCUT2D eigenvalue weighted by Crippen LogP contribution is 2.43. The van der Waals surface area contributed by atoms with Crippen molar-refractivity contribution in [3.05, 3.63) is 80.8 Å². The van der Waals surface area contributed by atoms with Gasteiger partial charge in [0.1, 0.15) is 5.82 Å². The molecule has 0 radical (unpaired) electrons. The van der Waals surface area contributed by atoms with Gasteiger partial charge in [-0.3, -0.25) is 9.36 Å². The second-order valence-electron chi connectivity index (χ2n) is 8.11. The number of hydrogen-bond donors (Lipinski definition) is 1. The summed E-state index contributed by atoms with van der Waals surface area (Å²) in [6.45, 7) is 2.03. The summed E-state index contributed by atoms with van der Waals surface area (Å²) in [6.07, 6.45) is 4.05. The predicted molar refractivity (Wildman–Crippen MR) is 126 cm³/mol. The molecule has 1 heterocycles. The molecule has 168 valence electrons. The zero-order valence-electron chi connectivity index (χ0n) is 17.7. The first-order chi connectivity index (χ1) is 15.3. The Morgan fingerprint density at radius 2 is 1.78 bits per heavy atom. The minimum Gasteiger partial charge on any atom is -0.492 e. The summed E-state index contributed by atoms with van der Waals surface area (Å²) < 4.78 is 29.0. The molecule has 0 bridgehead atoms. The van der Waals surface area contributed by atoms with E-state index < -0.39 is 26.2 Å². The van der Waals surface area contributed by atoms with Crippen LogP contribution < -0.4 is 5.56 Å². The Morgan fingerprint density at radius 3 is 2.38 bits per heavy atom. The van der Waals surface area contributed by atoms with Crippen molar-refractivity contribution in [1.82, 2.24) is 9.55 Å². The summed E-state index contributed by atoms with van der Waals surface area (Å²) in [5, 5.41) is 10.6. The van der Waals surface area contributed by atoms with E-state index in [2.05, 4.69) is 20.9 Å². The van der Waals surface area contributed by atoms with E-state index in [0.717, 1.165) is 31.2 Å². The average Bonchev–Trinajstić information content (AvgIpc) is 3.60. The van der Waals surface area contributed by atoms with Crippen LogP contribution in [0.3, 0.4) is 0 Å². The molecule has 1 aliphatic carbocycles. The molecule has 1 unspecified atom stereocenters. The monoisotopic (exact) mass is 516 g/mol. The quantitative estimate of drug-likeness (QED) is 0.460. The number of hydrogen-bond acceptors (Lipinski definition) is 5. The van der Waals surface area contributed by atoms with Crippen LogP contribution in [0, 0.1) is 5.92 Å². The molecule has 1 saturated carbocycles. The summed E-state index contributed by atoms with van der Waals surface area (Å²) in [5.74, 6) is -0.0854. The van der Waals surface area contributed by atoms with Crippen LogP contribution in [0.4, 0.5) is 0 Å². The molecular weight excluding hydrogens is 492 g/mol. The zero-order valence-corrected chi connectivity index (χ0v) is 20.1.